The Balaban J connectivity index is 1.52. The van der Waals surface area contributed by atoms with E-state index in [0.29, 0.717) is 0 Å². The lowest BCUT2D eigenvalue weighted by atomic mass is 9.89. The monoisotopic (exact) mass is 447 g/mol. The number of ether oxygens (including phenoxy) is 1. The minimum atomic E-state index is -0.752. The van der Waals surface area contributed by atoms with Crippen molar-refractivity contribution in [3.05, 3.63) is 112 Å². The third kappa shape index (κ3) is 6.73. The minimum Gasteiger partial charge on any atom is -0.455 e. The molecule has 2 amide bonds. The molecule has 33 heavy (non-hydrogen) atoms. The van der Waals surface area contributed by atoms with Crippen LogP contribution in [-0.4, -0.2) is 29.3 Å². The van der Waals surface area contributed by atoms with Crippen LogP contribution >= 0.6 is 0 Å². The molecule has 0 aliphatic rings. The lowest BCUT2D eigenvalue weighted by Gasteiger charge is -2.17. The Morgan fingerprint density at radius 1 is 0.848 bits per heavy atom. The molecule has 2 N–H and O–H groups in total. The molecule has 0 aliphatic heterocycles. The number of nitrogens with one attached hydrogen (secondary N) is 2. The van der Waals surface area contributed by atoms with Gasteiger partial charge in [0.1, 0.15) is 0 Å². The van der Waals surface area contributed by atoms with E-state index in [1.54, 1.807) is 0 Å². The van der Waals surface area contributed by atoms with Crippen molar-refractivity contribution in [3.8, 4) is 0 Å². The minimum absolute atomic E-state index is 0.00458. The summed E-state index contributed by atoms with van der Waals surface area (Å²) in [6, 6.07) is 24.0. The number of nitro benzene ring substituents is 1. The zero-order valence-electron chi connectivity index (χ0n) is 17.5. The Kier molecular flexibility index (Phi) is 7.85. The van der Waals surface area contributed by atoms with E-state index in [9.17, 15) is 24.5 Å². The number of carbonyl (C=O) groups is 3. The van der Waals surface area contributed by atoms with Crippen molar-refractivity contribution in [3.63, 3.8) is 0 Å². The summed E-state index contributed by atoms with van der Waals surface area (Å²) in [7, 11) is 0. The van der Waals surface area contributed by atoms with Gasteiger partial charge in [-0.1, -0.05) is 66.7 Å². The van der Waals surface area contributed by atoms with Crippen molar-refractivity contribution in [2.24, 2.45) is 0 Å². The number of esters is 1. The van der Waals surface area contributed by atoms with Gasteiger partial charge < -0.3 is 4.74 Å². The van der Waals surface area contributed by atoms with Crippen molar-refractivity contribution < 1.29 is 24.0 Å². The molecule has 0 spiro atoms. The standard InChI is InChI=1S/C24H21N3O6/c28-22(25-26-24(30)19-12-7-13-20(14-19)27(31)32)16-33-23(29)15-21(17-8-3-1-4-9-17)18-10-5-2-6-11-18/h1-14,21H,15-16H2,(H,25,28)(H,26,30). The van der Waals surface area contributed by atoms with Gasteiger partial charge in [0.25, 0.3) is 17.5 Å². The number of nitro groups is 1. The third-order valence-corrected chi connectivity index (χ3v) is 4.77. The molecular formula is C24H21N3O6. The van der Waals surface area contributed by atoms with Gasteiger partial charge in [0.15, 0.2) is 6.61 Å². The van der Waals surface area contributed by atoms with Gasteiger partial charge in [0.2, 0.25) is 0 Å². The van der Waals surface area contributed by atoms with Gasteiger partial charge in [-0.3, -0.25) is 35.3 Å². The molecule has 0 bridgehead atoms. The summed E-state index contributed by atoms with van der Waals surface area (Å²) in [6.07, 6.45) is 0.0291. The fourth-order valence-corrected chi connectivity index (χ4v) is 3.17. The van der Waals surface area contributed by atoms with Crippen LogP contribution in [0.2, 0.25) is 0 Å². The zero-order chi connectivity index (χ0) is 23.6. The second-order valence-corrected chi connectivity index (χ2v) is 7.05. The number of benzene rings is 3. The molecular weight excluding hydrogens is 426 g/mol. The van der Waals surface area contributed by atoms with Crippen LogP contribution in [-0.2, 0) is 14.3 Å². The number of hydrogen-bond acceptors (Lipinski definition) is 6. The molecule has 9 heteroatoms. The second-order valence-electron chi connectivity index (χ2n) is 7.05. The number of amides is 2. The molecule has 0 heterocycles. The maximum atomic E-state index is 12.4. The van der Waals surface area contributed by atoms with Crippen LogP contribution in [0.25, 0.3) is 0 Å². The Morgan fingerprint density at radius 3 is 2.03 bits per heavy atom. The van der Waals surface area contributed by atoms with Gasteiger partial charge in [-0.15, -0.1) is 0 Å². The van der Waals surface area contributed by atoms with Crippen molar-refractivity contribution >= 4 is 23.5 Å². The first-order valence-corrected chi connectivity index (χ1v) is 10.0. The second kappa shape index (κ2) is 11.2. The van der Waals surface area contributed by atoms with Crippen LogP contribution < -0.4 is 10.9 Å². The first-order chi connectivity index (χ1) is 15.9. The van der Waals surface area contributed by atoms with Crippen LogP contribution in [0, 0.1) is 10.1 Å². The molecule has 0 radical (unpaired) electrons. The Bertz CT molecular complexity index is 1100. The molecule has 0 aliphatic carbocycles. The predicted molar refractivity (Wildman–Crippen MR) is 119 cm³/mol. The molecule has 0 saturated heterocycles. The smallest absolute Gasteiger partial charge is 0.307 e. The fourth-order valence-electron chi connectivity index (χ4n) is 3.17. The highest BCUT2D eigenvalue weighted by molar-refractivity contribution is 5.96. The largest absolute Gasteiger partial charge is 0.455 e. The summed E-state index contributed by atoms with van der Waals surface area (Å²) in [6.45, 7) is -0.593. The first-order valence-electron chi connectivity index (χ1n) is 10.0. The van der Waals surface area contributed by atoms with Crippen LogP contribution in [0.3, 0.4) is 0 Å². The van der Waals surface area contributed by atoms with Gasteiger partial charge in [0.05, 0.1) is 11.3 Å². The van der Waals surface area contributed by atoms with E-state index < -0.39 is 29.3 Å². The average Bonchev–Trinajstić information content (AvgIpc) is 2.85. The van der Waals surface area contributed by atoms with E-state index >= 15 is 0 Å². The number of non-ortho nitro benzene ring substituents is 1. The summed E-state index contributed by atoms with van der Waals surface area (Å²) in [5, 5.41) is 10.8. The summed E-state index contributed by atoms with van der Waals surface area (Å²) in [5.41, 5.74) is 5.86. The quantitative estimate of drug-likeness (QED) is 0.310. The topological polar surface area (TPSA) is 128 Å². The Morgan fingerprint density at radius 2 is 1.45 bits per heavy atom. The molecule has 0 fully saturated rings. The van der Waals surface area contributed by atoms with E-state index in [2.05, 4.69) is 10.9 Å². The summed E-state index contributed by atoms with van der Waals surface area (Å²) in [4.78, 5) is 46.6. The zero-order valence-corrected chi connectivity index (χ0v) is 17.5. The van der Waals surface area contributed by atoms with Crippen LogP contribution in [0.1, 0.15) is 33.8 Å². The Hall–Kier alpha value is -4.53. The number of nitrogens with zero attached hydrogens (tertiary/aromatic N) is 1. The summed E-state index contributed by atoms with van der Waals surface area (Å²) >= 11 is 0. The lowest BCUT2D eigenvalue weighted by Crippen LogP contribution is -2.43. The maximum Gasteiger partial charge on any atom is 0.307 e. The van der Waals surface area contributed by atoms with E-state index in [1.165, 1.54) is 18.2 Å². The van der Waals surface area contributed by atoms with Crippen LogP contribution in [0.4, 0.5) is 5.69 Å². The van der Waals surface area contributed by atoms with Gasteiger partial charge in [0, 0.05) is 23.6 Å². The van der Waals surface area contributed by atoms with Gasteiger partial charge in [-0.05, 0) is 17.2 Å². The molecule has 9 nitrogen and oxygen atoms in total. The van der Waals surface area contributed by atoms with E-state index in [0.717, 1.165) is 17.2 Å². The molecule has 3 rings (SSSR count). The van der Waals surface area contributed by atoms with Gasteiger partial charge >= 0.3 is 5.97 Å². The average molecular weight is 447 g/mol. The molecule has 0 saturated carbocycles. The molecule has 3 aromatic rings. The Labute approximate surface area is 189 Å². The highest BCUT2D eigenvalue weighted by atomic mass is 16.6. The molecule has 0 atom stereocenters. The lowest BCUT2D eigenvalue weighted by molar-refractivity contribution is -0.384. The first kappa shape index (κ1) is 23.1. The number of hydrazine groups is 1. The summed E-state index contributed by atoms with van der Waals surface area (Å²) < 4.78 is 5.07. The van der Waals surface area contributed by atoms with Gasteiger partial charge in [-0.2, -0.15) is 0 Å². The maximum absolute atomic E-state index is 12.4. The molecule has 3 aromatic carbocycles. The van der Waals surface area contributed by atoms with E-state index in [4.69, 9.17) is 4.74 Å². The normalized spacial score (nSPS) is 10.3. The molecule has 168 valence electrons. The van der Waals surface area contributed by atoms with Gasteiger partial charge in [-0.25, -0.2) is 0 Å². The number of carbonyl (C=O) groups excluding carboxylic acids is 3. The van der Waals surface area contributed by atoms with E-state index in [-0.39, 0.29) is 23.6 Å². The summed E-state index contributed by atoms with van der Waals surface area (Å²) in [5.74, 6) is -2.31. The van der Waals surface area contributed by atoms with Crippen LogP contribution in [0.15, 0.2) is 84.9 Å². The highest BCUT2D eigenvalue weighted by Crippen LogP contribution is 2.28. The van der Waals surface area contributed by atoms with Crippen molar-refractivity contribution in [2.75, 3.05) is 6.61 Å². The third-order valence-electron chi connectivity index (χ3n) is 4.77. The predicted octanol–water partition coefficient (Wildman–Crippen LogP) is 3.12. The molecule has 0 aromatic heterocycles. The number of rotatable bonds is 8. The van der Waals surface area contributed by atoms with Crippen molar-refractivity contribution in [1.82, 2.24) is 10.9 Å². The fraction of sp³-hybridized carbons (Fsp3) is 0.125. The van der Waals surface area contributed by atoms with E-state index in [1.807, 2.05) is 60.7 Å². The number of hydrogen-bond donors (Lipinski definition) is 2. The highest BCUT2D eigenvalue weighted by Gasteiger charge is 2.20. The van der Waals surface area contributed by atoms with Crippen molar-refractivity contribution in [2.45, 2.75) is 12.3 Å². The molecule has 0 unspecified atom stereocenters. The van der Waals surface area contributed by atoms with Crippen LogP contribution in [0.5, 0.6) is 0 Å². The van der Waals surface area contributed by atoms with Crippen molar-refractivity contribution in [1.29, 1.82) is 0 Å². The SMILES string of the molecule is O=C(COC(=O)CC(c1ccccc1)c1ccccc1)NNC(=O)c1cccc([N+](=O)[O-])c1.